The quantitative estimate of drug-likeness (QED) is 0.611. The number of aliphatic hydroxyl groups excluding tert-OH is 1. The van der Waals surface area contributed by atoms with E-state index in [1.54, 1.807) is 24.3 Å². The number of phenols is 1. The summed E-state index contributed by atoms with van der Waals surface area (Å²) in [5.74, 6) is 0.146. The van der Waals surface area contributed by atoms with Gasteiger partial charge in [-0.2, -0.15) is 0 Å². The molecule has 1 amide bonds. The number of amides is 1. The van der Waals surface area contributed by atoms with Gasteiger partial charge in [0.2, 0.25) is 0 Å². The zero-order valence-corrected chi connectivity index (χ0v) is 16.2. The Labute approximate surface area is 160 Å². The second-order valence-electron chi connectivity index (χ2n) is 5.88. The van der Waals surface area contributed by atoms with E-state index in [0.29, 0.717) is 23.4 Å². The molecule has 0 aliphatic carbocycles. The molecule has 3 N–H and O–H groups in total. The molecule has 2 rings (SSSR count). The van der Waals surface area contributed by atoms with Crippen LogP contribution in [0.25, 0.3) is 0 Å². The Balaban J connectivity index is 2.17. The summed E-state index contributed by atoms with van der Waals surface area (Å²) in [5.41, 5.74) is 1.22. The van der Waals surface area contributed by atoms with E-state index in [2.05, 4.69) is 21.2 Å². The Kier molecular flexibility index (Phi) is 7.29. The first-order valence-electron chi connectivity index (χ1n) is 8.15. The smallest absolute Gasteiger partial charge is 0.412 e. The number of hydrogen-bond donors (Lipinski definition) is 3. The maximum atomic E-state index is 12.3. The summed E-state index contributed by atoms with van der Waals surface area (Å²) in [6.45, 7) is 1.84. The van der Waals surface area contributed by atoms with E-state index in [4.69, 9.17) is 9.47 Å². The van der Waals surface area contributed by atoms with E-state index < -0.39 is 12.2 Å². The first kappa shape index (κ1) is 20.1. The number of carbonyl (C=O) groups is 1. The lowest BCUT2D eigenvalue weighted by Gasteiger charge is -2.24. The summed E-state index contributed by atoms with van der Waals surface area (Å²) >= 11 is 3.34. The molecule has 6 nitrogen and oxygen atoms in total. The maximum absolute atomic E-state index is 12.3. The maximum Gasteiger partial charge on any atom is 0.412 e. The number of carbonyl (C=O) groups excluding carboxylic acids is 1. The van der Waals surface area contributed by atoms with Crippen molar-refractivity contribution in [1.82, 2.24) is 0 Å². The highest BCUT2D eigenvalue weighted by molar-refractivity contribution is 9.10. The standard InChI is InChI=1S/C19H22BrNO5/c1-12(9-10-22)18(13-3-8-17(25-2)16(23)11-13)26-19(24)21-15-6-4-14(20)5-7-15/h3-8,11-12,18,22-23H,9-10H2,1-2H3,(H,21,24)/t12-,18+/m1/s1. The summed E-state index contributed by atoms with van der Waals surface area (Å²) in [7, 11) is 1.46. The molecule has 0 bridgehead atoms. The minimum atomic E-state index is -0.630. The minimum Gasteiger partial charge on any atom is -0.504 e. The first-order chi connectivity index (χ1) is 12.4. The van der Waals surface area contributed by atoms with Crippen LogP contribution in [0.1, 0.15) is 25.0 Å². The van der Waals surface area contributed by atoms with Crippen LogP contribution in [0.2, 0.25) is 0 Å². The van der Waals surface area contributed by atoms with Gasteiger partial charge in [-0.25, -0.2) is 4.79 Å². The van der Waals surface area contributed by atoms with Crippen molar-refractivity contribution in [2.75, 3.05) is 19.0 Å². The highest BCUT2D eigenvalue weighted by atomic mass is 79.9. The molecule has 2 atom stereocenters. The van der Waals surface area contributed by atoms with Crippen molar-refractivity contribution in [1.29, 1.82) is 0 Å². The van der Waals surface area contributed by atoms with E-state index in [1.165, 1.54) is 13.2 Å². The number of ether oxygens (including phenoxy) is 2. The van der Waals surface area contributed by atoms with Crippen molar-refractivity contribution in [2.45, 2.75) is 19.4 Å². The number of benzene rings is 2. The lowest BCUT2D eigenvalue weighted by atomic mass is 9.94. The third-order valence-electron chi connectivity index (χ3n) is 3.96. The largest absolute Gasteiger partial charge is 0.504 e. The average Bonchev–Trinajstić information content (AvgIpc) is 2.61. The van der Waals surface area contributed by atoms with Crippen LogP contribution in [0.5, 0.6) is 11.5 Å². The third kappa shape index (κ3) is 5.37. The normalized spacial score (nSPS) is 12.9. The number of aromatic hydroxyl groups is 1. The summed E-state index contributed by atoms with van der Waals surface area (Å²) in [4.78, 5) is 12.3. The number of rotatable bonds is 7. The molecule has 0 saturated heterocycles. The van der Waals surface area contributed by atoms with E-state index in [1.807, 2.05) is 19.1 Å². The number of nitrogens with one attached hydrogen (secondary N) is 1. The van der Waals surface area contributed by atoms with Crippen molar-refractivity contribution in [3.63, 3.8) is 0 Å². The van der Waals surface area contributed by atoms with Gasteiger partial charge < -0.3 is 19.7 Å². The van der Waals surface area contributed by atoms with Gasteiger partial charge in [0.15, 0.2) is 11.5 Å². The molecule has 0 heterocycles. The molecular formula is C19H22BrNO5. The van der Waals surface area contributed by atoms with Crippen molar-refractivity contribution >= 4 is 27.7 Å². The molecule has 0 unspecified atom stereocenters. The minimum absolute atomic E-state index is 0.0303. The Morgan fingerprint density at radius 1 is 1.23 bits per heavy atom. The number of anilines is 1. The van der Waals surface area contributed by atoms with Crippen LogP contribution in [0.4, 0.5) is 10.5 Å². The molecule has 0 aliphatic rings. The monoisotopic (exact) mass is 423 g/mol. The number of aliphatic hydroxyl groups is 1. The Bertz CT molecular complexity index is 735. The van der Waals surface area contributed by atoms with Crippen LogP contribution in [0.3, 0.4) is 0 Å². The van der Waals surface area contributed by atoms with Gasteiger partial charge in [0.05, 0.1) is 7.11 Å². The van der Waals surface area contributed by atoms with E-state index in [9.17, 15) is 15.0 Å². The van der Waals surface area contributed by atoms with Crippen LogP contribution in [0.15, 0.2) is 46.9 Å². The summed E-state index contributed by atoms with van der Waals surface area (Å²) in [6.07, 6.45) is -0.796. The molecule has 0 fully saturated rings. The number of methoxy groups -OCH3 is 1. The Morgan fingerprint density at radius 2 is 1.92 bits per heavy atom. The van der Waals surface area contributed by atoms with Crippen molar-refractivity contribution < 1.29 is 24.5 Å². The predicted molar refractivity (Wildman–Crippen MR) is 103 cm³/mol. The summed E-state index contributed by atoms with van der Waals surface area (Å²) in [6, 6.07) is 12.0. The van der Waals surface area contributed by atoms with E-state index in [-0.39, 0.29) is 18.3 Å². The zero-order valence-electron chi connectivity index (χ0n) is 14.6. The molecule has 2 aromatic carbocycles. The fourth-order valence-corrected chi connectivity index (χ4v) is 2.81. The molecular weight excluding hydrogens is 402 g/mol. The van der Waals surface area contributed by atoms with Gasteiger partial charge in [0.1, 0.15) is 6.10 Å². The molecule has 2 aromatic rings. The molecule has 0 aromatic heterocycles. The summed E-state index contributed by atoms with van der Waals surface area (Å²) < 4.78 is 11.5. The lowest BCUT2D eigenvalue weighted by molar-refractivity contribution is 0.0666. The number of hydrogen-bond acceptors (Lipinski definition) is 5. The van der Waals surface area contributed by atoms with Crippen LogP contribution in [-0.4, -0.2) is 30.0 Å². The van der Waals surface area contributed by atoms with Gasteiger partial charge in [-0.05, 0) is 54.3 Å². The number of halogens is 1. The van der Waals surface area contributed by atoms with Gasteiger partial charge in [-0.3, -0.25) is 5.32 Å². The van der Waals surface area contributed by atoms with Crippen LogP contribution in [-0.2, 0) is 4.74 Å². The SMILES string of the molecule is COc1ccc([C@@H](OC(=O)Nc2ccc(Br)cc2)[C@H](C)CCO)cc1O. The molecule has 0 aliphatic heterocycles. The van der Waals surface area contributed by atoms with Gasteiger partial charge in [0, 0.05) is 16.8 Å². The molecule has 140 valence electrons. The fourth-order valence-electron chi connectivity index (χ4n) is 2.55. The predicted octanol–water partition coefficient (Wildman–Crippen LogP) is 4.47. The second kappa shape index (κ2) is 9.45. The molecule has 0 spiro atoms. The van der Waals surface area contributed by atoms with Gasteiger partial charge >= 0.3 is 6.09 Å². The average molecular weight is 424 g/mol. The van der Waals surface area contributed by atoms with E-state index >= 15 is 0 Å². The third-order valence-corrected chi connectivity index (χ3v) is 4.49. The highest BCUT2D eigenvalue weighted by Gasteiger charge is 2.24. The number of phenolic OH excluding ortho intramolecular Hbond substituents is 1. The van der Waals surface area contributed by atoms with Crippen molar-refractivity contribution in [3.05, 3.63) is 52.5 Å². The zero-order chi connectivity index (χ0) is 19.1. The van der Waals surface area contributed by atoms with Gasteiger partial charge in [0.25, 0.3) is 0 Å². The highest BCUT2D eigenvalue weighted by Crippen LogP contribution is 2.34. The van der Waals surface area contributed by atoms with Crippen LogP contribution < -0.4 is 10.1 Å². The van der Waals surface area contributed by atoms with Crippen molar-refractivity contribution in [2.24, 2.45) is 5.92 Å². The topological polar surface area (TPSA) is 88.0 Å². The summed E-state index contributed by atoms with van der Waals surface area (Å²) in [5, 5.41) is 21.9. The molecule has 0 saturated carbocycles. The lowest BCUT2D eigenvalue weighted by Crippen LogP contribution is -2.22. The fraction of sp³-hybridized carbons (Fsp3) is 0.316. The van der Waals surface area contributed by atoms with Gasteiger partial charge in [-0.1, -0.05) is 28.9 Å². The molecule has 7 heteroatoms. The molecule has 26 heavy (non-hydrogen) atoms. The van der Waals surface area contributed by atoms with Crippen LogP contribution in [0, 0.1) is 5.92 Å². The Hall–Kier alpha value is -2.25. The Morgan fingerprint density at radius 3 is 2.50 bits per heavy atom. The first-order valence-corrected chi connectivity index (χ1v) is 8.95. The molecule has 0 radical (unpaired) electrons. The second-order valence-corrected chi connectivity index (χ2v) is 6.79. The van der Waals surface area contributed by atoms with Crippen molar-refractivity contribution in [3.8, 4) is 11.5 Å². The van der Waals surface area contributed by atoms with E-state index in [0.717, 1.165) is 4.47 Å². The van der Waals surface area contributed by atoms with Gasteiger partial charge in [-0.15, -0.1) is 0 Å². The van der Waals surface area contributed by atoms with Crippen LogP contribution >= 0.6 is 15.9 Å².